The van der Waals surface area contributed by atoms with E-state index < -0.39 is 16.0 Å². The van der Waals surface area contributed by atoms with Gasteiger partial charge in [0, 0.05) is 5.70 Å². The zero-order valence-electron chi connectivity index (χ0n) is 7.36. The SMILES string of the molecule is C=CC(=O)NC(C)=C(C)S(=O)(=O)O. The van der Waals surface area contributed by atoms with Crippen molar-refractivity contribution in [1.82, 2.24) is 5.32 Å². The molecule has 0 bridgehead atoms. The lowest BCUT2D eigenvalue weighted by Gasteiger charge is -2.04. The lowest BCUT2D eigenvalue weighted by molar-refractivity contribution is -0.115. The van der Waals surface area contributed by atoms with Gasteiger partial charge in [0.25, 0.3) is 10.1 Å². The molecule has 74 valence electrons. The van der Waals surface area contributed by atoms with E-state index in [0.717, 1.165) is 6.08 Å². The Morgan fingerprint density at radius 3 is 2.23 bits per heavy atom. The molecule has 13 heavy (non-hydrogen) atoms. The Hall–Kier alpha value is -1.14. The molecule has 0 aromatic rings. The van der Waals surface area contributed by atoms with Gasteiger partial charge in [-0.3, -0.25) is 9.35 Å². The van der Waals surface area contributed by atoms with Gasteiger partial charge in [-0.2, -0.15) is 8.42 Å². The third-order valence-corrected chi connectivity index (χ3v) is 2.49. The van der Waals surface area contributed by atoms with Crippen LogP contribution in [0.1, 0.15) is 13.8 Å². The quantitative estimate of drug-likeness (QED) is 0.517. The van der Waals surface area contributed by atoms with Crippen LogP contribution in [0.4, 0.5) is 0 Å². The smallest absolute Gasteiger partial charge is 0.292 e. The molecule has 0 aliphatic carbocycles. The second-order valence-electron chi connectivity index (χ2n) is 2.35. The highest BCUT2D eigenvalue weighted by atomic mass is 32.2. The molecule has 0 fully saturated rings. The molecule has 0 unspecified atom stereocenters. The van der Waals surface area contributed by atoms with Crippen molar-refractivity contribution >= 4 is 16.0 Å². The maximum absolute atomic E-state index is 10.7. The molecule has 5 nitrogen and oxygen atoms in total. The van der Waals surface area contributed by atoms with E-state index in [9.17, 15) is 13.2 Å². The van der Waals surface area contributed by atoms with Gasteiger partial charge in [0.2, 0.25) is 5.91 Å². The molecule has 0 atom stereocenters. The number of allylic oxidation sites excluding steroid dienone is 2. The Bertz CT molecular complexity index is 353. The number of carbonyl (C=O) groups is 1. The second kappa shape index (κ2) is 4.20. The van der Waals surface area contributed by atoms with E-state index in [-0.39, 0.29) is 10.6 Å². The molecule has 0 radical (unpaired) electrons. The Labute approximate surface area is 76.9 Å². The normalized spacial score (nSPS) is 13.2. The van der Waals surface area contributed by atoms with Crippen LogP contribution >= 0.6 is 0 Å². The van der Waals surface area contributed by atoms with Gasteiger partial charge in [0.15, 0.2) is 0 Å². The standard InChI is InChI=1S/C7H11NO4S/c1-4-7(9)8-5(2)6(3)13(10,11)12/h4H,1H2,2-3H3,(H,8,9)(H,10,11,12). The van der Waals surface area contributed by atoms with Crippen molar-refractivity contribution in [1.29, 1.82) is 0 Å². The van der Waals surface area contributed by atoms with Crippen molar-refractivity contribution in [3.05, 3.63) is 23.3 Å². The molecule has 0 saturated heterocycles. The molecular weight excluding hydrogens is 194 g/mol. The Balaban J connectivity index is 4.85. The van der Waals surface area contributed by atoms with Crippen LogP contribution in [0.3, 0.4) is 0 Å². The van der Waals surface area contributed by atoms with E-state index in [1.54, 1.807) is 0 Å². The molecule has 0 rings (SSSR count). The minimum Gasteiger partial charge on any atom is -0.325 e. The van der Waals surface area contributed by atoms with Crippen LogP contribution in [0.5, 0.6) is 0 Å². The number of amides is 1. The number of hydrogen-bond acceptors (Lipinski definition) is 3. The monoisotopic (exact) mass is 205 g/mol. The summed E-state index contributed by atoms with van der Waals surface area (Å²) in [4.78, 5) is 10.4. The van der Waals surface area contributed by atoms with Crippen molar-refractivity contribution in [3.63, 3.8) is 0 Å². The van der Waals surface area contributed by atoms with Gasteiger partial charge in [0.1, 0.15) is 0 Å². The number of hydrogen-bond donors (Lipinski definition) is 2. The Kier molecular flexibility index (Phi) is 3.83. The predicted molar refractivity (Wildman–Crippen MR) is 48.3 cm³/mol. The van der Waals surface area contributed by atoms with Crippen LogP contribution in [-0.4, -0.2) is 18.9 Å². The first-order chi connectivity index (χ1) is 5.79. The first-order valence-electron chi connectivity index (χ1n) is 3.37. The lowest BCUT2D eigenvalue weighted by Crippen LogP contribution is -2.21. The summed E-state index contributed by atoms with van der Waals surface area (Å²) in [5.41, 5.74) is 0.0763. The molecule has 0 spiro atoms. The van der Waals surface area contributed by atoms with Gasteiger partial charge in [-0.15, -0.1) is 0 Å². The molecule has 0 heterocycles. The maximum Gasteiger partial charge on any atom is 0.292 e. The van der Waals surface area contributed by atoms with Crippen LogP contribution in [0, 0.1) is 0 Å². The van der Waals surface area contributed by atoms with Crippen LogP contribution in [0.15, 0.2) is 23.3 Å². The molecule has 1 amide bonds. The molecule has 2 N–H and O–H groups in total. The van der Waals surface area contributed by atoms with E-state index in [1.165, 1.54) is 13.8 Å². The van der Waals surface area contributed by atoms with E-state index in [4.69, 9.17) is 4.55 Å². The zero-order chi connectivity index (χ0) is 10.6. The minimum absolute atomic E-state index is 0.0763. The zero-order valence-corrected chi connectivity index (χ0v) is 8.18. The van der Waals surface area contributed by atoms with E-state index >= 15 is 0 Å². The third kappa shape index (κ3) is 3.86. The summed E-state index contributed by atoms with van der Waals surface area (Å²) in [7, 11) is -4.23. The van der Waals surface area contributed by atoms with Crippen LogP contribution in [0.2, 0.25) is 0 Å². The van der Waals surface area contributed by atoms with Gasteiger partial charge < -0.3 is 5.32 Å². The molecule has 0 saturated carbocycles. The fourth-order valence-electron chi connectivity index (χ4n) is 0.517. The van der Waals surface area contributed by atoms with E-state index in [1.807, 2.05) is 0 Å². The summed E-state index contributed by atoms with van der Waals surface area (Å²) in [6.45, 7) is 5.74. The van der Waals surface area contributed by atoms with Crippen molar-refractivity contribution in [2.24, 2.45) is 0 Å². The van der Waals surface area contributed by atoms with Crippen LogP contribution < -0.4 is 5.32 Å². The molecule has 0 aliphatic rings. The fourth-order valence-corrected chi connectivity index (χ4v) is 0.955. The van der Waals surface area contributed by atoms with Crippen molar-refractivity contribution in [2.45, 2.75) is 13.8 Å². The Morgan fingerprint density at radius 2 is 1.92 bits per heavy atom. The maximum atomic E-state index is 10.7. The topological polar surface area (TPSA) is 83.5 Å². The van der Waals surface area contributed by atoms with E-state index in [0.29, 0.717) is 0 Å². The number of carbonyl (C=O) groups excluding carboxylic acids is 1. The average molecular weight is 205 g/mol. The minimum atomic E-state index is -4.23. The van der Waals surface area contributed by atoms with Gasteiger partial charge in [0.05, 0.1) is 4.91 Å². The molecule has 0 aromatic heterocycles. The van der Waals surface area contributed by atoms with Gasteiger partial charge >= 0.3 is 0 Å². The average Bonchev–Trinajstić information content (AvgIpc) is 2.01. The van der Waals surface area contributed by atoms with Gasteiger partial charge in [-0.05, 0) is 19.9 Å². The van der Waals surface area contributed by atoms with Gasteiger partial charge in [-0.1, -0.05) is 6.58 Å². The summed E-state index contributed by atoms with van der Waals surface area (Å²) in [5, 5.41) is 2.22. The predicted octanol–water partition coefficient (Wildman–Crippen LogP) is 0.428. The number of rotatable bonds is 3. The molecular formula is C7H11NO4S. The van der Waals surface area contributed by atoms with Crippen LogP contribution in [-0.2, 0) is 14.9 Å². The second-order valence-corrected chi connectivity index (χ2v) is 3.91. The first kappa shape index (κ1) is 11.9. The first-order valence-corrected chi connectivity index (χ1v) is 4.81. The third-order valence-electron chi connectivity index (χ3n) is 1.41. The molecule has 0 aliphatic heterocycles. The highest BCUT2D eigenvalue weighted by molar-refractivity contribution is 7.89. The summed E-state index contributed by atoms with van der Waals surface area (Å²) >= 11 is 0. The van der Waals surface area contributed by atoms with Crippen molar-refractivity contribution < 1.29 is 17.8 Å². The fraction of sp³-hybridized carbons (Fsp3) is 0.286. The lowest BCUT2D eigenvalue weighted by atomic mass is 10.4. The Morgan fingerprint density at radius 1 is 1.46 bits per heavy atom. The van der Waals surface area contributed by atoms with Crippen molar-refractivity contribution in [2.75, 3.05) is 0 Å². The number of nitrogens with one attached hydrogen (secondary N) is 1. The molecule has 0 aromatic carbocycles. The summed E-state index contributed by atoms with van der Waals surface area (Å²) in [6.07, 6.45) is 1.00. The largest absolute Gasteiger partial charge is 0.325 e. The van der Waals surface area contributed by atoms with Crippen molar-refractivity contribution in [3.8, 4) is 0 Å². The summed E-state index contributed by atoms with van der Waals surface area (Å²) < 4.78 is 29.7. The van der Waals surface area contributed by atoms with E-state index in [2.05, 4.69) is 11.9 Å². The van der Waals surface area contributed by atoms with Gasteiger partial charge in [-0.25, -0.2) is 0 Å². The summed E-state index contributed by atoms with van der Waals surface area (Å²) in [6, 6.07) is 0. The highest BCUT2D eigenvalue weighted by Crippen LogP contribution is 2.06. The van der Waals surface area contributed by atoms with Crippen LogP contribution in [0.25, 0.3) is 0 Å². The summed E-state index contributed by atoms with van der Waals surface area (Å²) in [5.74, 6) is -0.527. The highest BCUT2D eigenvalue weighted by Gasteiger charge is 2.12. The molecule has 6 heteroatoms.